The molecule has 2 nitrogen and oxygen atoms in total. The average Bonchev–Trinajstić information content (AvgIpc) is 2.44. The number of hydrogen-bond acceptors (Lipinski definition) is 2. The van der Waals surface area contributed by atoms with Crippen molar-refractivity contribution in [3.8, 4) is 5.75 Å². The zero-order chi connectivity index (χ0) is 13.9. The molecule has 20 heavy (non-hydrogen) atoms. The van der Waals surface area contributed by atoms with Crippen molar-refractivity contribution < 1.29 is 4.74 Å². The summed E-state index contributed by atoms with van der Waals surface area (Å²) in [6.45, 7) is 2.21. The first-order chi connectivity index (χ1) is 9.76. The summed E-state index contributed by atoms with van der Waals surface area (Å²) in [6, 6.07) is 17.5. The van der Waals surface area contributed by atoms with Crippen molar-refractivity contribution in [3.05, 3.63) is 59.7 Å². The fourth-order valence-electron chi connectivity index (χ4n) is 2.96. The van der Waals surface area contributed by atoms with E-state index in [1.807, 2.05) is 12.1 Å². The van der Waals surface area contributed by atoms with Crippen molar-refractivity contribution >= 4 is 5.69 Å². The van der Waals surface area contributed by atoms with Crippen LogP contribution in [0.25, 0.3) is 0 Å². The highest BCUT2D eigenvalue weighted by Gasteiger charge is 2.30. The van der Waals surface area contributed by atoms with Crippen LogP contribution in [0.4, 0.5) is 5.69 Å². The zero-order valence-electron chi connectivity index (χ0n) is 12.1. The fourth-order valence-corrected chi connectivity index (χ4v) is 2.96. The van der Waals surface area contributed by atoms with Crippen LogP contribution in [0.1, 0.15) is 29.9 Å². The highest BCUT2D eigenvalue weighted by molar-refractivity contribution is 5.48. The Morgan fingerprint density at radius 3 is 2.35 bits per heavy atom. The molecule has 0 heterocycles. The first-order valence-electron chi connectivity index (χ1n) is 7.22. The topological polar surface area (TPSA) is 21.3 Å². The van der Waals surface area contributed by atoms with Crippen molar-refractivity contribution in [2.24, 2.45) is 0 Å². The van der Waals surface area contributed by atoms with E-state index in [1.54, 1.807) is 7.11 Å². The van der Waals surface area contributed by atoms with E-state index in [0.29, 0.717) is 12.0 Å². The van der Waals surface area contributed by atoms with Crippen LogP contribution in [0.5, 0.6) is 5.75 Å². The lowest BCUT2D eigenvalue weighted by Gasteiger charge is -2.37. The molecule has 0 spiro atoms. The Hall–Kier alpha value is -1.96. The van der Waals surface area contributed by atoms with Gasteiger partial charge in [0.1, 0.15) is 5.75 Å². The van der Waals surface area contributed by atoms with Gasteiger partial charge in [-0.15, -0.1) is 0 Å². The van der Waals surface area contributed by atoms with Crippen LogP contribution in [-0.2, 0) is 0 Å². The second-order valence-corrected chi connectivity index (χ2v) is 5.59. The van der Waals surface area contributed by atoms with Gasteiger partial charge in [0.25, 0.3) is 0 Å². The quantitative estimate of drug-likeness (QED) is 0.888. The summed E-state index contributed by atoms with van der Waals surface area (Å²) in [7, 11) is 1.70. The molecule has 0 atom stereocenters. The Morgan fingerprint density at radius 2 is 1.70 bits per heavy atom. The minimum absolute atomic E-state index is 0.591. The summed E-state index contributed by atoms with van der Waals surface area (Å²) in [5, 5.41) is 3.59. The maximum absolute atomic E-state index is 5.17. The zero-order valence-corrected chi connectivity index (χ0v) is 12.1. The lowest BCUT2D eigenvalue weighted by molar-refractivity contribution is 0.373. The lowest BCUT2D eigenvalue weighted by atomic mass is 9.74. The minimum atomic E-state index is 0.591. The van der Waals surface area contributed by atoms with Gasteiger partial charge in [-0.3, -0.25) is 0 Å². The van der Waals surface area contributed by atoms with Gasteiger partial charge in [-0.25, -0.2) is 0 Å². The molecule has 1 aliphatic carbocycles. The van der Waals surface area contributed by atoms with E-state index in [1.165, 1.54) is 29.7 Å². The van der Waals surface area contributed by atoms with Crippen molar-refractivity contribution in [3.63, 3.8) is 0 Å². The Kier molecular flexibility index (Phi) is 3.64. The largest absolute Gasteiger partial charge is 0.497 e. The van der Waals surface area contributed by atoms with Crippen LogP contribution in [0, 0.1) is 6.92 Å². The standard InChI is InChI=1S/C18H21NO/c1-13-5-3-4-6-18(13)14-11-16(12-14)19-15-7-9-17(20-2)10-8-15/h3-10,14,16,19H,11-12H2,1-2H3. The number of anilines is 1. The van der Waals surface area contributed by atoms with E-state index in [4.69, 9.17) is 4.74 Å². The SMILES string of the molecule is COc1ccc(NC2CC(c3ccccc3C)C2)cc1. The second-order valence-electron chi connectivity index (χ2n) is 5.59. The van der Waals surface area contributed by atoms with Crippen LogP contribution in [-0.4, -0.2) is 13.2 Å². The van der Waals surface area contributed by atoms with Gasteiger partial charge in [0.2, 0.25) is 0 Å². The molecule has 104 valence electrons. The number of methoxy groups -OCH3 is 1. The van der Waals surface area contributed by atoms with E-state index in [2.05, 4.69) is 48.6 Å². The van der Waals surface area contributed by atoms with E-state index < -0.39 is 0 Å². The molecule has 0 saturated heterocycles. The van der Waals surface area contributed by atoms with Crippen molar-refractivity contribution in [2.45, 2.75) is 31.7 Å². The maximum Gasteiger partial charge on any atom is 0.119 e. The molecule has 3 rings (SSSR count). The molecular formula is C18H21NO. The molecule has 2 aromatic rings. The van der Waals surface area contributed by atoms with Gasteiger partial charge in [0.05, 0.1) is 7.11 Å². The molecule has 2 heteroatoms. The van der Waals surface area contributed by atoms with E-state index in [0.717, 1.165) is 5.75 Å². The smallest absolute Gasteiger partial charge is 0.119 e. The van der Waals surface area contributed by atoms with Crippen LogP contribution in [0.2, 0.25) is 0 Å². The van der Waals surface area contributed by atoms with E-state index >= 15 is 0 Å². The highest BCUT2D eigenvalue weighted by atomic mass is 16.5. The van der Waals surface area contributed by atoms with Crippen LogP contribution in [0.3, 0.4) is 0 Å². The molecule has 0 aliphatic heterocycles. The van der Waals surface area contributed by atoms with E-state index in [-0.39, 0.29) is 0 Å². The van der Waals surface area contributed by atoms with Crippen molar-refractivity contribution in [1.29, 1.82) is 0 Å². The monoisotopic (exact) mass is 267 g/mol. The lowest BCUT2D eigenvalue weighted by Crippen LogP contribution is -2.34. The first-order valence-corrected chi connectivity index (χ1v) is 7.22. The molecule has 0 radical (unpaired) electrons. The third-order valence-electron chi connectivity index (χ3n) is 4.23. The van der Waals surface area contributed by atoms with Gasteiger partial charge < -0.3 is 10.1 Å². The van der Waals surface area contributed by atoms with Crippen LogP contribution < -0.4 is 10.1 Å². The highest BCUT2D eigenvalue weighted by Crippen LogP contribution is 2.39. The predicted molar refractivity (Wildman–Crippen MR) is 83.6 cm³/mol. The molecule has 0 unspecified atom stereocenters. The Bertz CT molecular complexity index is 570. The number of rotatable bonds is 4. The third kappa shape index (κ3) is 2.64. The summed E-state index contributed by atoms with van der Waals surface area (Å²) in [6.07, 6.45) is 2.44. The third-order valence-corrected chi connectivity index (χ3v) is 4.23. The van der Waals surface area contributed by atoms with Gasteiger partial charge in [-0.2, -0.15) is 0 Å². The molecule has 2 aromatic carbocycles. The van der Waals surface area contributed by atoms with Crippen molar-refractivity contribution in [1.82, 2.24) is 0 Å². The Labute approximate surface area is 120 Å². The maximum atomic E-state index is 5.17. The minimum Gasteiger partial charge on any atom is -0.497 e. The molecule has 1 saturated carbocycles. The second kappa shape index (κ2) is 5.58. The molecule has 0 bridgehead atoms. The summed E-state index contributed by atoms with van der Waals surface area (Å²) in [5.74, 6) is 1.62. The summed E-state index contributed by atoms with van der Waals surface area (Å²) in [4.78, 5) is 0. The van der Waals surface area contributed by atoms with Gasteiger partial charge in [0, 0.05) is 11.7 Å². The number of ether oxygens (including phenoxy) is 1. The summed E-state index contributed by atoms with van der Waals surface area (Å²) >= 11 is 0. The normalized spacial score (nSPS) is 21.1. The molecule has 1 N–H and O–H groups in total. The summed E-state index contributed by atoms with van der Waals surface area (Å²) in [5.41, 5.74) is 4.11. The van der Waals surface area contributed by atoms with Crippen LogP contribution in [0.15, 0.2) is 48.5 Å². The molecule has 0 aromatic heterocycles. The van der Waals surface area contributed by atoms with E-state index in [9.17, 15) is 0 Å². The summed E-state index contributed by atoms with van der Waals surface area (Å²) < 4.78 is 5.17. The number of aryl methyl sites for hydroxylation is 1. The number of hydrogen-bond donors (Lipinski definition) is 1. The van der Waals surface area contributed by atoms with Crippen LogP contribution >= 0.6 is 0 Å². The molecule has 0 amide bonds. The molecular weight excluding hydrogens is 246 g/mol. The molecule has 1 aliphatic rings. The number of nitrogens with one attached hydrogen (secondary N) is 1. The first kappa shape index (κ1) is 13.0. The fraction of sp³-hybridized carbons (Fsp3) is 0.333. The van der Waals surface area contributed by atoms with Gasteiger partial charge in [0.15, 0.2) is 0 Å². The Balaban J connectivity index is 1.56. The molecule has 1 fully saturated rings. The van der Waals surface area contributed by atoms with Gasteiger partial charge in [-0.05, 0) is 61.1 Å². The van der Waals surface area contributed by atoms with Gasteiger partial charge >= 0.3 is 0 Å². The number of benzene rings is 2. The Morgan fingerprint density at radius 1 is 1.00 bits per heavy atom. The van der Waals surface area contributed by atoms with Crippen molar-refractivity contribution in [2.75, 3.05) is 12.4 Å². The predicted octanol–water partition coefficient (Wildman–Crippen LogP) is 4.36. The average molecular weight is 267 g/mol. The van der Waals surface area contributed by atoms with Gasteiger partial charge in [-0.1, -0.05) is 24.3 Å².